The minimum absolute atomic E-state index is 0.164. The summed E-state index contributed by atoms with van der Waals surface area (Å²) in [7, 11) is 0. The predicted octanol–water partition coefficient (Wildman–Crippen LogP) is 4.06. The number of anilines is 1. The normalized spacial score (nSPS) is 16.8. The van der Waals surface area contributed by atoms with Crippen molar-refractivity contribution in [2.75, 3.05) is 11.9 Å². The molecule has 0 aliphatic heterocycles. The number of carbonyl (C=O) groups excluding carboxylic acids is 1. The van der Waals surface area contributed by atoms with Gasteiger partial charge in [0.15, 0.2) is 5.96 Å². The Morgan fingerprint density at radius 2 is 2.00 bits per heavy atom. The maximum absolute atomic E-state index is 12.4. The molecule has 1 unspecified atom stereocenters. The van der Waals surface area contributed by atoms with E-state index in [9.17, 15) is 4.79 Å². The molecule has 0 saturated heterocycles. The molecule has 3 N–H and O–H groups in total. The van der Waals surface area contributed by atoms with Gasteiger partial charge in [0.1, 0.15) is 0 Å². The van der Waals surface area contributed by atoms with Gasteiger partial charge in [-0.05, 0) is 50.8 Å². The van der Waals surface area contributed by atoms with Gasteiger partial charge in [-0.15, -0.1) is 0 Å². The molecule has 26 heavy (non-hydrogen) atoms. The summed E-state index contributed by atoms with van der Waals surface area (Å²) in [5.74, 6) is 1.17. The summed E-state index contributed by atoms with van der Waals surface area (Å²) in [6.07, 6.45) is 6.68. The minimum atomic E-state index is 0.164. The van der Waals surface area contributed by atoms with E-state index >= 15 is 0 Å². The molecular weight excluding hydrogens is 324 g/mol. The summed E-state index contributed by atoms with van der Waals surface area (Å²) in [6.45, 7) is 7.78. The van der Waals surface area contributed by atoms with Crippen LogP contribution >= 0.6 is 0 Å². The van der Waals surface area contributed by atoms with Gasteiger partial charge in [0.25, 0.3) is 0 Å². The third-order valence-electron chi connectivity index (χ3n) is 4.93. The van der Waals surface area contributed by atoms with Crippen LogP contribution in [0.5, 0.6) is 0 Å². The van der Waals surface area contributed by atoms with E-state index < -0.39 is 0 Å². The topological polar surface area (TPSA) is 65.5 Å². The molecule has 144 valence electrons. The lowest BCUT2D eigenvalue weighted by atomic mass is 9.88. The van der Waals surface area contributed by atoms with Crippen LogP contribution in [0.3, 0.4) is 0 Å². The predicted molar refractivity (Wildman–Crippen MR) is 109 cm³/mol. The van der Waals surface area contributed by atoms with Crippen molar-refractivity contribution in [2.24, 2.45) is 10.9 Å². The van der Waals surface area contributed by atoms with Crippen molar-refractivity contribution in [3.05, 3.63) is 29.8 Å². The van der Waals surface area contributed by atoms with Crippen LogP contribution in [-0.4, -0.2) is 24.5 Å². The monoisotopic (exact) mass is 358 g/mol. The third kappa shape index (κ3) is 6.70. The van der Waals surface area contributed by atoms with Crippen LogP contribution in [0.4, 0.5) is 5.69 Å². The number of hydrogen-bond acceptors (Lipinski definition) is 2. The SMILES string of the molecule is CCNC(=NCc1cccc(NC(=O)C2CCCCC2)c1)NC(C)CC. The minimum Gasteiger partial charge on any atom is -0.357 e. The van der Waals surface area contributed by atoms with Gasteiger partial charge in [0.05, 0.1) is 6.54 Å². The lowest BCUT2D eigenvalue weighted by Crippen LogP contribution is -2.41. The third-order valence-corrected chi connectivity index (χ3v) is 4.93. The standard InChI is InChI=1S/C21H34N4O/c1-4-16(3)24-21(22-5-2)23-15-17-10-9-13-19(14-17)25-20(26)18-11-7-6-8-12-18/h9-10,13-14,16,18H,4-8,11-12,15H2,1-3H3,(H,25,26)(H2,22,23,24). The number of rotatable bonds is 7. The molecule has 1 atom stereocenters. The highest BCUT2D eigenvalue weighted by Gasteiger charge is 2.20. The highest BCUT2D eigenvalue weighted by atomic mass is 16.1. The molecule has 0 spiro atoms. The van der Waals surface area contributed by atoms with E-state index in [2.05, 4.69) is 41.7 Å². The number of amides is 1. The van der Waals surface area contributed by atoms with Crippen LogP contribution in [0.15, 0.2) is 29.3 Å². The van der Waals surface area contributed by atoms with Crippen LogP contribution in [-0.2, 0) is 11.3 Å². The Bertz CT molecular complexity index is 593. The molecule has 2 rings (SSSR count). The van der Waals surface area contributed by atoms with E-state index in [1.807, 2.05) is 24.3 Å². The fourth-order valence-electron chi connectivity index (χ4n) is 3.18. The van der Waals surface area contributed by atoms with E-state index in [1.54, 1.807) is 0 Å². The molecule has 5 heteroatoms. The quantitative estimate of drug-likeness (QED) is 0.509. The van der Waals surface area contributed by atoms with Gasteiger partial charge in [-0.2, -0.15) is 0 Å². The lowest BCUT2D eigenvalue weighted by Gasteiger charge is -2.20. The first-order valence-electron chi connectivity index (χ1n) is 10.1. The molecule has 1 fully saturated rings. The molecule has 1 aromatic rings. The van der Waals surface area contributed by atoms with Gasteiger partial charge in [0, 0.05) is 24.2 Å². The first-order valence-corrected chi connectivity index (χ1v) is 10.1. The first-order chi connectivity index (χ1) is 12.6. The molecule has 1 aliphatic rings. The summed E-state index contributed by atoms with van der Waals surface area (Å²) < 4.78 is 0. The molecule has 5 nitrogen and oxygen atoms in total. The summed E-state index contributed by atoms with van der Waals surface area (Å²) in [4.78, 5) is 17.1. The average molecular weight is 359 g/mol. The van der Waals surface area contributed by atoms with Gasteiger partial charge >= 0.3 is 0 Å². The molecule has 1 aliphatic carbocycles. The summed E-state index contributed by atoms with van der Waals surface area (Å²) in [5.41, 5.74) is 1.96. The van der Waals surface area contributed by atoms with Crippen molar-refractivity contribution >= 4 is 17.6 Å². The van der Waals surface area contributed by atoms with Gasteiger partial charge in [-0.3, -0.25) is 4.79 Å². The highest BCUT2D eigenvalue weighted by Crippen LogP contribution is 2.25. The smallest absolute Gasteiger partial charge is 0.227 e. The zero-order chi connectivity index (χ0) is 18.8. The largest absolute Gasteiger partial charge is 0.357 e. The van der Waals surface area contributed by atoms with Crippen molar-refractivity contribution in [1.29, 1.82) is 0 Å². The van der Waals surface area contributed by atoms with Crippen molar-refractivity contribution < 1.29 is 4.79 Å². The van der Waals surface area contributed by atoms with Gasteiger partial charge < -0.3 is 16.0 Å². The number of carbonyl (C=O) groups is 1. The molecular formula is C21H34N4O. The second-order valence-electron chi connectivity index (χ2n) is 7.17. The molecule has 0 aromatic heterocycles. The molecule has 0 bridgehead atoms. The number of aliphatic imine (C=N–C) groups is 1. The second kappa shape index (κ2) is 10.8. The lowest BCUT2D eigenvalue weighted by molar-refractivity contribution is -0.120. The van der Waals surface area contributed by atoms with Crippen molar-refractivity contribution in [2.45, 2.75) is 71.9 Å². The molecule has 0 radical (unpaired) electrons. The highest BCUT2D eigenvalue weighted by molar-refractivity contribution is 5.92. The van der Waals surface area contributed by atoms with E-state index in [1.165, 1.54) is 19.3 Å². The number of nitrogens with one attached hydrogen (secondary N) is 3. The van der Waals surface area contributed by atoms with E-state index in [0.29, 0.717) is 12.6 Å². The van der Waals surface area contributed by atoms with Gasteiger partial charge in [-0.25, -0.2) is 4.99 Å². The zero-order valence-corrected chi connectivity index (χ0v) is 16.5. The maximum atomic E-state index is 12.4. The number of benzene rings is 1. The Hall–Kier alpha value is -2.04. The van der Waals surface area contributed by atoms with E-state index in [0.717, 1.165) is 43.0 Å². The molecule has 0 heterocycles. The van der Waals surface area contributed by atoms with Gasteiger partial charge in [-0.1, -0.05) is 38.3 Å². The Kier molecular flexibility index (Phi) is 8.45. The van der Waals surface area contributed by atoms with Crippen molar-refractivity contribution in [1.82, 2.24) is 10.6 Å². The molecule has 1 saturated carbocycles. The Morgan fingerprint density at radius 1 is 1.23 bits per heavy atom. The number of nitrogens with zero attached hydrogens (tertiary/aromatic N) is 1. The number of guanidine groups is 1. The maximum Gasteiger partial charge on any atom is 0.227 e. The van der Waals surface area contributed by atoms with Crippen LogP contribution in [0.25, 0.3) is 0 Å². The Labute approximate surface area is 158 Å². The zero-order valence-electron chi connectivity index (χ0n) is 16.5. The van der Waals surface area contributed by atoms with Crippen LogP contribution < -0.4 is 16.0 Å². The summed E-state index contributed by atoms with van der Waals surface area (Å²) in [5, 5.41) is 9.76. The van der Waals surface area contributed by atoms with Gasteiger partial charge in [0.2, 0.25) is 5.91 Å². The Morgan fingerprint density at radius 3 is 2.69 bits per heavy atom. The molecule has 1 aromatic carbocycles. The summed E-state index contributed by atoms with van der Waals surface area (Å²) in [6, 6.07) is 8.39. The van der Waals surface area contributed by atoms with E-state index in [4.69, 9.17) is 0 Å². The Balaban J connectivity index is 1.96. The van der Waals surface area contributed by atoms with Crippen LogP contribution in [0, 0.1) is 5.92 Å². The second-order valence-corrected chi connectivity index (χ2v) is 7.17. The fraction of sp³-hybridized carbons (Fsp3) is 0.619. The van der Waals surface area contributed by atoms with Crippen LogP contribution in [0.2, 0.25) is 0 Å². The first kappa shape index (κ1) is 20.3. The summed E-state index contributed by atoms with van der Waals surface area (Å²) >= 11 is 0. The van der Waals surface area contributed by atoms with Crippen molar-refractivity contribution in [3.8, 4) is 0 Å². The molecule has 1 amide bonds. The number of hydrogen-bond donors (Lipinski definition) is 3. The fourth-order valence-corrected chi connectivity index (χ4v) is 3.18. The van der Waals surface area contributed by atoms with Crippen LogP contribution in [0.1, 0.15) is 64.9 Å². The average Bonchev–Trinajstić information content (AvgIpc) is 2.67. The van der Waals surface area contributed by atoms with E-state index in [-0.39, 0.29) is 11.8 Å². The van der Waals surface area contributed by atoms with Crippen molar-refractivity contribution in [3.63, 3.8) is 0 Å².